The minimum Gasteiger partial charge on any atom is -0.360 e. The molecule has 0 fully saturated rings. The van der Waals surface area contributed by atoms with Crippen molar-refractivity contribution in [3.8, 4) is 0 Å². The fraction of sp³-hybridized carbons (Fsp3) is 0.286. The van der Waals surface area contributed by atoms with E-state index in [1.807, 2.05) is 20.8 Å². The van der Waals surface area contributed by atoms with Gasteiger partial charge in [0.1, 0.15) is 6.33 Å². The average Bonchev–Trinajstić information content (AvgIpc) is 2.40. The van der Waals surface area contributed by atoms with Crippen molar-refractivity contribution in [2.24, 2.45) is 0 Å². The maximum atomic E-state index is 11.4. The zero-order valence-corrected chi connectivity index (χ0v) is 14.2. The predicted molar refractivity (Wildman–Crippen MR) is 91.8 cm³/mol. The Morgan fingerprint density at radius 3 is 2.39 bits per heavy atom. The van der Waals surface area contributed by atoms with E-state index in [2.05, 4.69) is 20.6 Å². The molecule has 0 saturated heterocycles. The molecule has 0 aliphatic heterocycles. The molecule has 1 aromatic carbocycles. The van der Waals surface area contributed by atoms with Gasteiger partial charge in [-0.1, -0.05) is 23.2 Å². The molecule has 9 heteroatoms. The van der Waals surface area contributed by atoms with Crippen LogP contribution in [-0.4, -0.2) is 20.4 Å². The summed E-state index contributed by atoms with van der Waals surface area (Å²) in [5.74, 6) is 0.172. The van der Waals surface area contributed by atoms with Crippen molar-refractivity contribution in [2.45, 2.75) is 26.3 Å². The molecule has 0 unspecified atom stereocenters. The highest BCUT2D eigenvalue weighted by Crippen LogP contribution is 2.35. The number of nitrogens with one attached hydrogen (secondary N) is 2. The van der Waals surface area contributed by atoms with Crippen molar-refractivity contribution >= 4 is 46.2 Å². The first kappa shape index (κ1) is 17.2. The van der Waals surface area contributed by atoms with Gasteiger partial charge >= 0.3 is 5.69 Å². The number of halogens is 2. The van der Waals surface area contributed by atoms with Crippen LogP contribution < -0.4 is 10.6 Å². The Morgan fingerprint density at radius 1 is 1.17 bits per heavy atom. The van der Waals surface area contributed by atoms with Crippen molar-refractivity contribution in [3.05, 3.63) is 44.7 Å². The van der Waals surface area contributed by atoms with E-state index in [-0.39, 0.29) is 17.3 Å². The maximum absolute atomic E-state index is 11.4. The number of hydrogen-bond acceptors (Lipinski definition) is 6. The lowest BCUT2D eigenvalue weighted by molar-refractivity contribution is -0.383. The van der Waals surface area contributed by atoms with Crippen molar-refractivity contribution in [2.75, 3.05) is 10.6 Å². The van der Waals surface area contributed by atoms with Crippen LogP contribution in [-0.2, 0) is 0 Å². The summed E-state index contributed by atoms with van der Waals surface area (Å²) in [5, 5.41) is 18.1. The van der Waals surface area contributed by atoms with Gasteiger partial charge in [-0.2, -0.15) is 0 Å². The summed E-state index contributed by atoms with van der Waals surface area (Å²) >= 11 is 11.9. The Hall–Kier alpha value is -2.12. The van der Waals surface area contributed by atoms with Gasteiger partial charge in [-0.15, -0.1) is 0 Å². The monoisotopic (exact) mass is 355 g/mol. The van der Waals surface area contributed by atoms with Gasteiger partial charge in [-0.05, 0) is 39.0 Å². The van der Waals surface area contributed by atoms with E-state index in [1.54, 1.807) is 12.1 Å². The lowest BCUT2D eigenvalue weighted by Crippen LogP contribution is -2.27. The maximum Gasteiger partial charge on any atom is 0.353 e. The number of aromatic nitrogens is 2. The zero-order valence-electron chi connectivity index (χ0n) is 12.7. The summed E-state index contributed by atoms with van der Waals surface area (Å²) in [6.07, 6.45) is 1.24. The molecule has 0 aliphatic carbocycles. The van der Waals surface area contributed by atoms with Crippen LogP contribution in [0.2, 0.25) is 10.0 Å². The third-order valence-electron chi connectivity index (χ3n) is 2.68. The van der Waals surface area contributed by atoms with E-state index in [4.69, 9.17) is 23.2 Å². The summed E-state index contributed by atoms with van der Waals surface area (Å²) in [6.45, 7) is 5.63. The summed E-state index contributed by atoms with van der Waals surface area (Å²) in [7, 11) is 0. The zero-order chi connectivity index (χ0) is 17.2. The van der Waals surface area contributed by atoms with Crippen LogP contribution in [0.1, 0.15) is 20.8 Å². The summed E-state index contributed by atoms with van der Waals surface area (Å²) in [4.78, 5) is 18.8. The molecule has 122 valence electrons. The SMILES string of the molecule is CC(C)(C)Nc1ncnc(Nc2ccc(Cl)cc2Cl)c1[N+](=O)[O-]. The van der Waals surface area contributed by atoms with Gasteiger partial charge in [0.25, 0.3) is 0 Å². The Morgan fingerprint density at radius 2 is 1.83 bits per heavy atom. The highest BCUT2D eigenvalue weighted by atomic mass is 35.5. The summed E-state index contributed by atoms with van der Waals surface area (Å²) < 4.78 is 0. The van der Waals surface area contributed by atoms with Gasteiger partial charge in [0.05, 0.1) is 15.6 Å². The molecule has 0 aliphatic rings. The molecule has 0 amide bonds. The molecule has 1 heterocycles. The van der Waals surface area contributed by atoms with E-state index in [0.717, 1.165) is 0 Å². The topological polar surface area (TPSA) is 93.0 Å². The van der Waals surface area contributed by atoms with E-state index < -0.39 is 10.5 Å². The van der Waals surface area contributed by atoms with Gasteiger partial charge in [-0.25, -0.2) is 9.97 Å². The van der Waals surface area contributed by atoms with Crippen LogP contribution in [0.25, 0.3) is 0 Å². The summed E-state index contributed by atoms with van der Waals surface area (Å²) in [5.41, 5.74) is -0.193. The lowest BCUT2D eigenvalue weighted by Gasteiger charge is -2.21. The second-order valence-corrected chi connectivity index (χ2v) is 6.64. The van der Waals surface area contributed by atoms with Crippen molar-refractivity contribution in [1.29, 1.82) is 0 Å². The molecule has 0 atom stereocenters. The van der Waals surface area contributed by atoms with E-state index >= 15 is 0 Å². The smallest absolute Gasteiger partial charge is 0.353 e. The molecule has 7 nitrogen and oxygen atoms in total. The van der Waals surface area contributed by atoms with Crippen LogP contribution in [0.4, 0.5) is 23.0 Å². The minimum absolute atomic E-state index is 0.0426. The third-order valence-corrected chi connectivity index (χ3v) is 3.23. The van der Waals surface area contributed by atoms with Crippen LogP contribution >= 0.6 is 23.2 Å². The quantitative estimate of drug-likeness (QED) is 0.612. The van der Waals surface area contributed by atoms with Gasteiger partial charge in [-0.3, -0.25) is 10.1 Å². The number of nitro groups is 1. The number of anilines is 3. The molecule has 0 spiro atoms. The standard InChI is InChI=1S/C14H15Cl2N5O2/c1-14(2,3)20-13-11(21(22)23)12(17-7-18-13)19-10-5-4-8(15)6-9(10)16/h4-7H,1-3H3,(H2,17,18,19,20). The molecule has 2 N–H and O–H groups in total. The molecule has 0 saturated carbocycles. The van der Waals surface area contributed by atoms with Crippen molar-refractivity contribution < 1.29 is 4.92 Å². The van der Waals surface area contributed by atoms with E-state index in [1.165, 1.54) is 12.4 Å². The van der Waals surface area contributed by atoms with E-state index in [9.17, 15) is 10.1 Å². The largest absolute Gasteiger partial charge is 0.360 e. The Kier molecular flexibility index (Phi) is 4.91. The number of hydrogen-bond donors (Lipinski definition) is 2. The second-order valence-electron chi connectivity index (χ2n) is 5.80. The van der Waals surface area contributed by atoms with Gasteiger partial charge in [0.2, 0.25) is 11.6 Å². The third kappa shape index (κ3) is 4.43. The Bertz CT molecular complexity index is 746. The second kappa shape index (κ2) is 6.55. The van der Waals surface area contributed by atoms with Crippen molar-refractivity contribution in [3.63, 3.8) is 0 Å². The fourth-order valence-electron chi connectivity index (χ4n) is 1.81. The average molecular weight is 356 g/mol. The van der Waals surface area contributed by atoms with Gasteiger partial charge in [0.15, 0.2) is 0 Å². The molecule has 0 radical (unpaired) electrons. The number of benzene rings is 1. The highest BCUT2D eigenvalue weighted by Gasteiger charge is 2.26. The predicted octanol–water partition coefficient (Wildman–Crippen LogP) is 4.65. The van der Waals surface area contributed by atoms with Crippen LogP contribution in [0.3, 0.4) is 0 Å². The molecule has 2 aromatic rings. The molecule has 1 aromatic heterocycles. The molecule has 2 rings (SSSR count). The molecule has 0 bridgehead atoms. The lowest BCUT2D eigenvalue weighted by atomic mass is 10.1. The number of rotatable bonds is 4. The first-order valence-corrected chi connectivity index (χ1v) is 7.42. The molecule has 23 heavy (non-hydrogen) atoms. The van der Waals surface area contributed by atoms with Crippen molar-refractivity contribution in [1.82, 2.24) is 9.97 Å². The molecular weight excluding hydrogens is 341 g/mol. The fourth-order valence-corrected chi connectivity index (χ4v) is 2.26. The normalized spacial score (nSPS) is 11.2. The summed E-state index contributed by atoms with van der Waals surface area (Å²) in [6, 6.07) is 4.78. The Balaban J connectivity index is 2.46. The minimum atomic E-state index is -0.541. The van der Waals surface area contributed by atoms with Gasteiger partial charge in [0, 0.05) is 10.6 Å². The van der Waals surface area contributed by atoms with Crippen LogP contribution in [0.5, 0.6) is 0 Å². The first-order valence-electron chi connectivity index (χ1n) is 6.67. The van der Waals surface area contributed by atoms with Crippen LogP contribution in [0.15, 0.2) is 24.5 Å². The van der Waals surface area contributed by atoms with Gasteiger partial charge < -0.3 is 10.6 Å². The number of nitrogens with zero attached hydrogens (tertiary/aromatic N) is 3. The first-order chi connectivity index (χ1) is 10.7. The van der Waals surface area contributed by atoms with Crippen LogP contribution in [0, 0.1) is 10.1 Å². The highest BCUT2D eigenvalue weighted by molar-refractivity contribution is 6.36. The van der Waals surface area contributed by atoms with E-state index in [0.29, 0.717) is 15.7 Å². The Labute approximate surface area is 143 Å². The molecular formula is C14H15Cl2N5O2.